The van der Waals surface area contributed by atoms with E-state index in [1.165, 1.54) is 0 Å². The molecule has 6 nitrogen and oxygen atoms in total. The average Bonchev–Trinajstić information content (AvgIpc) is 2.74. The summed E-state index contributed by atoms with van der Waals surface area (Å²) in [6.45, 7) is 7.03. The predicted octanol–water partition coefficient (Wildman–Crippen LogP) is 2.23. The van der Waals surface area contributed by atoms with Crippen LogP contribution in [0.15, 0.2) is 12.3 Å². The van der Waals surface area contributed by atoms with E-state index in [9.17, 15) is 4.79 Å². The van der Waals surface area contributed by atoms with Crippen molar-refractivity contribution in [3.05, 3.63) is 17.5 Å². The number of rotatable bonds is 2. The number of hydrogen-bond donors (Lipinski definition) is 1. The van der Waals surface area contributed by atoms with Crippen molar-refractivity contribution in [2.75, 3.05) is 18.0 Å². The highest BCUT2D eigenvalue weighted by atomic mass is 35.5. The Bertz CT molecular complexity index is 490. The maximum Gasteiger partial charge on any atom is 0.407 e. The fraction of sp³-hybridized carbons (Fsp3) is 0.615. The standard InChI is InChI=1S/C13H19ClN4O2/c1-13(2,3)20-12(19)16-9-5-7-18(8-9)10-4-6-15-11(14)17-10/h4,6,9H,5,7-8H2,1-3H3,(H,16,19). The van der Waals surface area contributed by atoms with Gasteiger partial charge in [-0.25, -0.2) is 14.8 Å². The number of carbonyl (C=O) groups excluding carboxylic acids is 1. The quantitative estimate of drug-likeness (QED) is 0.848. The van der Waals surface area contributed by atoms with Crippen LogP contribution >= 0.6 is 11.6 Å². The highest BCUT2D eigenvalue weighted by Gasteiger charge is 2.26. The summed E-state index contributed by atoms with van der Waals surface area (Å²) in [5, 5.41) is 3.10. The van der Waals surface area contributed by atoms with E-state index in [2.05, 4.69) is 20.2 Å². The molecular weight excluding hydrogens is 280 g/mol. The van der Waals surface area contributed by atoms with E-state index in [0.29, 0.717) is 6.54 Å². The van der Waals surface area contributed by atoms with Crippen LogP contribution in [0.2, 0.25) is 5.28 Å². The summed E-state index contributed by atoms with van der Waals surface area (Å²) in [6, 6.07) is 1.86. The lowest BCUT2D eigenvalue weighted by Gasteiger charge is -2.22. The minimum atomic E-state index is -0.484. The Kier molecular flexibility index (Phi) is 4.32. The first-order valence-corrected chi connectivity index (χ1v) is 6.94. The topological polar surface area (TPSA) is 67.3 Å². The summed E-state index contributed by atoms with van der Waals surface area (Å²) in [5.41, 5.74) is -0.484. The lowest BCUT2D eigenvalue weighted by atomic mass is 10.2. The van der Waals surface area contributed by atoms with Crippen molar-refractivity contribution < 1.29 is 9.53 Å². The van der Waals surface area contributed by atoms with E-state index in [1.54, 1.807) is 6.20 Å². The second-order valence-corrected chi connectivity index (χ2v) is 6.10. The first-order valence-electron chi connectivity index (χ1n) is 6.56. The maximum atomic E-state index is 11.7. The minimum Gasteiger partial charge on any atom is -0.444 e. The SMILES string of the molecule is CC(C)(C)OC(=O)NC1CCN(c2ccnc(Cl)n2)C1. The summed E-state index contributed by atoms with van der Waals surface area (Å²) in [4.78, 5) is 21.8. The zero-order chi connectivity index (χ0) is 14.8. The van der Waals surface area contributed by atoms with Gasteiger partial charge < -0.3 is 15.0 Å². The van der Waals surface area contributed by atoms with Crippen LogP contribution in [0.4, 0.5) is 10.6 Å². The van der Waals surface area contributed by atoms with E-state index >= 15 is 0 Å². The van der Waals surface area contributed by atoms with E-state index in [4.69, 9.17) is 16.3 Å². The molecule has 1 N–H and O–H groups in total. The summed E-state index contributed by atoms with van der Waals surface area (Å²) < 4.78 is 5.24. The normalized spacial score (nSPS) is 19.0. The third-order valence-electron chi connectivity index (χ3n) is 2.84. The van der Waals surface area contributed by atoms with Gasteiger partial charge in [0.05, 0.1) is 6.04 Å². The van der Waals surface area contributed by atoms with Gasteiger partial charge in [0.15, 0.2) is 0 Å². The van der Waals surface area contributed by atoms with Crippen molar-refractivity contribution in [3.63, 3.8) is 0 Å². The van der Waals surface area contributed by atoms with Crippen molar-refractivity contribution in [3.8, 4) is 0 Å². The van der Waals surface area contributed by atoms with Crippen LogP contribution in [0.25, 0.3) is 0 Å². The molecule has 7 heteroatoms. The Hall–Kier alpha value is -1.56. The number of anilines is 1. The van der Waals surface area contributed by atoms with Gasteiger partial charge in [-0.3, -0.25) is 0 Å². The third-order valence-corrected chi connectivity index (χ3v) is 3.03. The largest absolute Gasteiger partial charge is 0.444 e. The molecule has 0 aliphatic carbocycles. The van der Waals surface area contributed by atoms with E-state index in [1.807, 2.05) is 26.8 Å². The maximum absolute atomic E-state index is 11.7. The smallest absolute Gasteiger partial charge is 0.407 e. The van der Waals surface area contributed by atoms with Gasteiger partial charge in [0, 0.05) is 19.3 Å². The van der Waals surface area contributed by atoms with Crippen molar-refractivity contribution in [2.24, 2.45) is 0 Å². The molecule has 1 unspecified atom stereocenters. The Morgan fingerprint density at radius 2 is 2.30 bits per heavy atom. The van der Waals surface area contributed by atoms with E-state index in [0.717, 1.165) is 18.8 Å². The number of amides is 1. The number of nitrogens with zero attached hydrogens (tertiary/aromatic N) is 3. The van der Waals surface area contributed by atoms with Crippen LogP contribution in [0.1, 0.15) is 27.2 Å². The number of carbonyl (C=O) groups is 1. The molecule has 1 aromatic rings. The van der Waals surface area contributed by atoms with E-state index in [-0.39, 0.29) is 17.4 Å². The predicted molar refractivity (Wildman–Crippen MR) is 77.0 cm³/mol. The van der Waals surface area contributed by atoms with Gasteiger partial charge in [-0.15, -0.1) is 0 Å². The van der Waals surface area contributed by atoms with Crippen LogP contribution in [0.5, 0.6) is 0 Å². The number of aromatic nitrogens is 2. The molecule has 1 fully saturated rings. The van der Waals surface area contributed by atoms with Gasteiger partial charge in [-0.2, -0.15) is 0 Å². The number of alkyl carbamates (subject to hydrolysis) is 1. The van der Waals surface area contributed by atoms with Crippen molar-refractivity contribution in [1.29, 1.82) is 0 Å². The molecule has 110 valence electrons. The van der Waals surface area contributed by atoms with Crippen molar-refractivity contribution in [2.45, 2.75) is 38.8 Å². The molecule has 1 atom stereocenters. The number of halogens is 1. The molecule has 2 heterocycles. The average molecular weight is 299 g/mol. The third kappa shape index (κ3) is 4.23. The fourth-order valence-corrected chi connectivity index (χ4v) is 2.21. The van der Waals surface area contributed by atoms with Crippen molar-refractivity contribution in [1.82, 2.24) is 15.3 Å². The molecule has 1 aromatic heterocycles. The molecule has 0 spiro atoms. The summed E-state index contributed by atoms with van der Waals surface area (Å²) in [5.74, 6) is 0.776. The summed E-state index contributed by atoms with van der Waals surface area (Å²) >= 11 is 5.78. The fourth-order valence-electron chi connectivity index (χ4n) is 2.06. The van der Waals surface area contributed by atoms with Crippen LogP contribution in [-0.2, 0) is 4.74 Å². The number of hydrogen-bond acceptors (Lipinski definition) is 5. The Labute approximate surface area is 123 Å². The first-order chi connectivity index (χ1) is 9.33. The van der Waals surface area contributed by atoms with Crippen LogP contribution < -0.4 is 10.2 Å². The van der Waals surface area contributed by atoms with Crippen LogP contribution in [0, 0.1) is 0 Å². The molecule has 0 aromatic carbocycles. The Morgan fingerprint density at radius 1 is 1.55 bits per heavy atom. The molecule has 0 saturated carbocycles. The Morgan fingerprint density at radius 3 is 2.95 bits per heavy atom. The molecule has 0 bridgehead atoms. The highest BCUT2D eigenvalue weighted by Crippen LogP contribution is 2.19. The van der Waals surface area contributed by atoms with E-state index < -0.39 is 5.60 Å². The summed E-state index contributed by atoms with van der Waals surface area (Å²) in [6.07, 6.45) is 2.09. The zero-order valence-electron chi connectivity index (χ0n) is 11.9. The molecule has 0 radical (unpaired) electrons. The van der Waals surface area contributed by atoms with Gasteiger partial charge in [0.25, 0.3) is 0 Å². The van der Waals surface area contributed by atoms with Crippen LogP contribution in [0.3, 0.4) is 0 Å². The second-order valence-electron chi connectivity index (χ2n) is 5.76. The number of ether oxygens (including phenoxy) is 1. The molecule has 2 rings (SSSR count). The summed E-state index contributed by atoms with van der Waals surface area (Å²) in [7, 11) is 0. The highest BCUT2D eigenvalue weighted by molar-refractivity contribution is 6.28. The van der Waals surface area contributed by atoms with Gasteiger partial charge >= 0.3 is 6.09 Å². The van der Waals surface area contributed by atoms with Gasteiger partial charge in [0.2, 0.25) is 5.28 Å². The number of nitrogens with one attached hydrogen (secondary N) is 1. The van der Waals surface area contributed by atoms with Gasteiger partial charge in [-0.05, 0) is 44.9 Å². The lowest BCUT2D eigenvalue weighted by Crippen LogP contribution is -2.40. The molecule has 1 aliphatic heterocycles. The van der Waals surface area contributed by atoms with Crippen molar-refractivity contribution >= 4 is 23.5 Å². The molecule has 20 heavy (non-hydrogen) atoms. The monoisotopic (exact) mass is 298 g/mol. The molecule has 1 saturated heterocycles. The first kappa shape index (κ1) is 14.8. The molecule has 1 aliphatic rings. The molecule has 1 amide bonds. The molecular formula is C13H19ClN4O2. The second kappa shape index (κ2) is 5.83. The van der Waals surface area contributed by atoms with Crippen LogP contribution in [-0.4, -0.2) is 40.8 Å². The van der Waals surface area contributed by atoms with Gasteiger partial charge in [0.1, 0.15) is 11.4 Å². The lowest BCUT2D eigenvalue weighted by molar-refractivity contribution is 0.0509. The Balaban J connectivity index is 1.88. The van der Waals surface area contributed by atoms with Gasteiger partial charge in [-0.1, -0.05) is 0 Å². The zero-order valence-corrected chi connectivity index (χ0v) is 12.6. The minimum absolute atomic E-state index is 0.0543.